The summed E-state index contributed by atoms with van der Waals surface area (Å²) >= 11 is 0. The van der Waals surface area contributed by atoms with E-state index in [-0.39, 0.29) is 0 Å². The molecular formula is C13H20. The lowest BCUT2D eigenvalue weighted by Crippen LogP contribution is -1.94. The van der Waals surface area contributed by atoms with Gasteiger partial charge in [0.05, 0.1) is 0 Å². The molecule has 0 heterocycles. The molecule has 0 aliphatic carbocycles. The molecule has 0 spiro atoms. The summed E-state index contributed by atoms with van der Waals surface area (Å²) in [6.45, 7) is 6.67. The predicted molar refractivity (Wildman–Crippen MR) is 59.2 cm³/mol. The molecule has 0 unspecified atom stereocenters. The van der Waals surface area contributed by atoms with Crippen LogP contribution in [0.15, 0.2) is 18.2 Å². The molecule has 0 heteroatoms. The van der Waals surface area contributed by atoms with Crippen LogP contribution in [0.2, 0.25) is 0 Å². The van der Waals surface area contributed by atoms with Crippen molar-refractivity contribution in [1.82, 2.24) is 0 Å². The SMILES string of the molecule is CCCc1ccc(C)cc1CCC. The lowest BCUT2D eigenvalue weighted by atomic mass is 9.98. The topological polar surface area (TPSA) is 0 Å². The molecule has 0 atom stereocenters. The van der Waals surface area contributed by atoms with Gasteiger partial charge >= 0.3 is 0 Å². The second-order valence-electron chi connectivity index (χ2n) is 3.77. The Hall–Kier alpha value is -0.780. The van der Waals surface area contributed by atoms with Crippen molar-refractivity contribution < 1.29 is 0 Å². The maximum atomic E-state index is 2.34. The standard InChI is InChI=1S/C13H20/c1-4-6-12-9-8-11(3)10-13(12)7-5-2/h8-10H,4-7H2,1-3H3. The van der Waals surface area contributed by atoms with Crippen molar-refractivity contribution >= 4 is 0 Å². The molecule has 13 heavy (non-hydrogen) atoms. The summed E-state index contributed by atoms with van der Waals surface area (Å²) in [7, 11) is 0. The summed E-state index contributed by atoms with van der Waals surface area (Å²) in [4.78, 5) is 0. The average Bonchev–Trinajstić information content (AvgIpc) is 2.10. The van der Waals surface area contributed by atoms with Crippen molar-refractivity contribution in [3.05, 3.63) is 34.9 Å². The van der Waals surface area contributed by atoms with E-state index in [9.17, 15) is 0 Å². The van der Waals surface area contributed by atoms with Crippen LogP contribution in [0.25, 0.3) is 0 Å². The monoisotopic (exact) mass is 176 g/mol. The van der Waals surface area contributed by atoms with E-state index < -0.39 is 0 Å². The fourth-order valence-electron chi connectivity index (χ4n) is 1.77. The summed E-state index contributed by atoms with van der Waals surface area (Å²) in [5, 5.41) is 0. The van der Waals surface area contributed by atoms with Gasteiger partial charge in [-0.2, -0.15) is 0 Å². The van der Waals surface area contributed by atoms with E-state index in [2.05, 4.69) is 39.0 Å². The van der Waals surface area contributed by atoms with Gasteiger partial charge in [0.25, 0.3) is 0 Å². The minimum Gasteiger partial charge on any atom is -0.0651 e. The van der Waals surface area contributed by atoms with Gasteiger partial charge in [0.2, 0.25) is 0 Å². The van der Waals surface area contributed by atoms with Gasteiger partial charge in [-0.05, 0) is 30.9 Å². The molecular weight excluding hydrogens is 156 g/mol. The summed E-state index contributed by atoms with van der Waals surface area (Å²) in [6, 6.07) is 6.86. The third kappa shape index (κ3) is 2.87. The Morgan fingerprint density at radius 3 is 2.15 bits per heavy atom. The highest BCUT2D eigenvalue weighted by atomic mass is 14.1. The van der Waals surface area contributed by atoms with Crippen molar-refractivity contribution in [3.8, 4) is 0 Å². The van der Waals surface area contributed by atoms with Crippen molar-refractivity contribution in [2.24, 2.45) is 0 Å². The van der Waals surface area contributed by atoms with Gasteiger partial charge in [-0.25, -0.2) is 0 Å². The van der Waals surface area contributed by atoms with Gasteiger partial charge in [0.15, 0.2) is 0 Å². The van der Waals surface area contributed by atoms with E-state index in [0.29, 0.717) is 0 Å². The summed E-state index contributed by atoms with van der Waals surface area (Å²) < 4.78 is 0. The van der Waals surface area contributed by atoms with Crippen LogP contribution in [0.5, 0.6) is 0 Å². The molecule has 1 aromatic carbocycles. The summed E-state index contributed by atoms with van der Waals surface area (Å²) in [5.74, 6) is 0. The Bertz CT molecular complexity index is 261. The smallest absolute Gasteiger partial charge is 0.0279 e. The molecule has 0 bridgehead atoms. The van der Waals surface area contributed by atoms with Crippen molar-refractivity contribution in [3.63, 3.8) is 0 Å². The van der Waals surface area contributed by atoms with Gasteiger partial charge in [-0.3, -0.25) is 0 Å². The fourth-order valence-corrected chi connectivity index (χ4v) is 1.77. The predicted octanol–water partition coefficient (Wildman–Crippen LogP) is 3.90. The molecule has 0 aliphatic rings. The largest absolute Gasteiger partial charge is 0.0651 e. The molecule has 0 saturated heterocycles. The second kappa shape index (κ2) is 5.06. The van der Waals surface area contributed by atoms with E-state index in [0.717, 1.165) is 0 Å². The molecule has 0 N–H and O–H groups in total. The number of hydrogen-bond acceptors (Lipinski definition) is 0. The van der Waals surface area contributed by atoms with E-state index in [1.54, 1.807) is 11.1 Å². The Labute approximate surface area is 82.0 Å². The minimum absolute atomic E-state index is 1.23. The highest BCUT2D eigenvalue weighted by Gasteiger charge is 2.00. The van der Waals surface area contributed by atoms with Gasteiger partial charge in [-0.15, -0.1) is 0 Å². The van der Waals surface area contributed by atoms with Crippen molar-refractivity contribution in [2.45, 2.75) is 46.5 Å². The van der Waals surface area contributed by atoms with Crippen LogP contribution >= 0.6 is 0 Å². The molecule has 72 valence electrons. The molecule has 0 nitrogen and oxygen atoms in total. The molecule has 0 fully saturated rings. The molecule has 0 aromatic heterocycles. The first-order chi connectivity index (χ1) is 6.27. The molecule has 0 saturated carbocycles. The van der Waals surface area contributed by atoms with Crippen LogP contribution < -0.4 is 0 Å². The number of rotatable bonds is 4. The second-order valence-corrected chi connectivity index (χ2v) is 3.77. The average molecular weight is 176 g/mol. The summed E-state index contributed by atoms with van der Waals surface area (Å²) in [6.07, 6.45) is 4.96. The van der Waals surface area contributed by atoms with E-state index in [4.69, 9.17) is 0 Å². The molecule has 0 radical (unpaired) electrons. The Balaban J connectivity index is 2.89. The van der Waals surface area contributed by atoms with Gasteiger partial charge in [-0.1, -0.05) is 50.5 Å². The maximum absolute atomic E-state index is 2.34. The van der Waals surface area contributed by atoms with Gasteiger partial charge < -0.3 is 0 Å². The van der Waals surface area contributed by atoms with Crippen LogP contribution in [0.1, 0.15) is 43.4 Å². The van der Waals surface area contributed by atoms with Crippen LogP contribution in [-0.4, -0.2) is 0 Å². The number of benzene rings is 1. The highest BCUT2D eigenvalue weighted by molar-refractivity contribution is 5.31. The molecule has 0 aliphatic heterocycles. The quantitative estimate of drug-likeness (QED) is 0.652. The first-order valence-electron chi connectivity index (χ1n) is 5.36. The third-order valence-corrected chi connectivity index (χ3v) is 2.40. The normalized spacial score (nSPS) is 10.4. The number of hydrogen-bond donors (Lipinski definition) is 0. The van der Waals surface area contributed by atoms with Crippen molar-refractivity contribution in [2.75, 3.05) is 0 Å². The Morgan fingerprint density at radius 2 is 1.54 bits per heavy atom. The Morgan fingerprint density at radius 1 is 0.923 bits per heavy atom. The Kier molecular flexibility index (Phi) is 4.01. The highest BCUT2D eigenvalue weighted by Crippen LogP contribution is 2.15. The first kappa shape index (κ1) is 10.3. The zero-order valence-electron chi connectivity index (χ0n) is 9.06. The van der Waals surface area contributed by atoms with Crippen LogP contribution in [0, 0.1) is 6.92 Å². The van der Waals surface area contributed by atoms with Crippen molar-refractivity contribution in [1.29, 1.82) is 0 Å². The van der Waals surface area contributed by atoms with E-state index in [1.165, 1.54) is 31.2 Å². The molecule has 1 rings (SSSR count). The zero-order valence-corrected chi connectivity index (χ0v) is 9.06. The molecule has 1 aromatic rings. The van der Waals surface area contributed by atoms with E-state index in [1.807, 2.05) is 0 Å². The van der Waals surface area contributed by atoms with Crippen LogP contribution in [0.4, 0.5) is 0 Å². The first-order valence-corrected chi connectivity index (χ1v) is 5.36. The maximum Gasteiger partial charge on any atom is -0.0279 e. The number of aryl methyl sites for hydroxylation is 3. The molecule has 0 amide bonds. The third-order valence-electron chi connectivity index (χ3n) is 2.40. The summed E-state index contributed by atoms with van der Waals surface area (Å²) in [5.41, 5.74) is 4.50. The van der Waals surface area contributed by atoms with Crippen LogP contribution in [0.3, 0.4) is 0 Å². The zero-order chi connectivity index (χ0) is 9.68. The van der Waals surface area contributed by atoms with Gasteiger partial charge in [0.1, 0.15) is 0 Å². The fraction of sp³-hybridized carbons (Fsp3) is 0.538. The lowest BCUT2D eigenvalue weighted by Gasteiger charge is -2.08. The van der Waals surface area contributed by atoms with Crippen LogP contribution in [-0.2, 0) is 12.8 Å². The minimum atomic E-state index is 1.23. The van der Waals surface area contributed by atoms with Gasteiger partial charge in [0, 0.05) is 0 Å². The lowest BCUT2D eigenvalue weighted by molar-refractivity contribution is 0.859. The van der Waals surface area contributed by atoms with E-state index >= 15 is 0 Å².